The number of phenolic OH excluding ortho intramolecular Hbond substituents is 3. The Morgan fingerprint density at radius 2 is 0.963 bits per heavy atom. The van der Waals surface area contributed by atoms with Crippen molar-refractivity contribution in [2.45, 2.75) is 6.54 Å². The molecule has 276 valence electrons. The fourth-order valence-corrected chi connectivity index (χ4v) is 5.23. The fourth-order valence-electron chi connectivity index (χ4n) is 4.21. The Labute approximate surface area is 337 Å². The number of hydrogen-bond donors (Lipinski definition) is 7. The molecule has 0 spiro atoms. The zero-order chi connectivity index (χ0) is 40.2. The van der Waals surface area contributed by atoms with E-state index in [4.69, 9.17) is 73.9 Å². The van der Waals surface area contributed by atoms with Gasteiger partial charge in [0.05, 0.1) is 13.1 Å². The number of rotatable bonds is 4. The van der Waals surface area contributed by atoms with Crippen molar-refractivity contribution in [2.24, 2.45) is 5.73 Å². The predicted octanol–water partition coefficient (Wildman–Crippen LogP) is 9.77. The maximum Gasteiger partial charge on any atom is 0.488 e. The van der Waals surface area contributed by atoms with Gasteiger partial charge in [-0.3, -0.25) is 0 Å². The smallest absolute Gasteiger partial charge is 0.488 e. The van der Waals surface area contributed by atoms with Crippen LogP contribution in [0.2, 0.25) is 15.1 Å². The largest absolute Gasteiger partial charge is 0.508 e. The second-order valence-corrected chi connectivity index (χ2v) is 12.6. The van der Waals surface area contributed by atoms with Crippen LogP contribution in [0.25, 0.3) is 31.9 Å². The van der Waals surface area contributed by atoms with Gasteiger partial charge in [-0.05, 0) is 98.2 Å². The SMILES string of the molecule is CO.NCc1ccc(-c2ccc(O)cc2)c(Cl)c1.OB(O)c1ccc(O)cc1.[C-]#[N+]c1ccc(-c2ccc(O)cc2)c(Cl)c1.[C-]#[N+]c1ccc(Br)c(Cl)c1. The first-order valence-corrected chi connectivity index (χ1v) is 17.4. The van der Waals surface area contributed by atoms with Crippen LogP contribution in [0.4, 0.5) is 11.4 Å². The van der Waals surface area contributed by atoms with Crippen LogP contribution in [0, 0.1) is 13.1 Å². The zero-order valence-electron chi connectivity index (χ0n) is 28.6. The van der Waals surface area contributed by atoms with Crippen LogP contribution in [-0.4, -0.2) is 44.7 Å². The summed E-state index contributed by atoms with van der Waals surface area (Å²) in [5.41, 5.74) is 11.7. The molecule has 0 unspecified atom stereocenters. The Hall–Kier alpha value is -5.05. The van der Waals surface area contributed by atoms with E-state index in [9.17, 15) is 10.2 Å². The van der Waals surface area contributed by atoms with Gasteiger partial charge < -0.3 is 36.2 Å². The van der Waals surface area contributed by atoms with Crippen LogP contribution in [-0.2, 0) is 6.54 Å². The highest BCUT2D eigenvalue weighted by atomic mass is 79.9. The first-order valence-electron chi connectivity index (χ1n) is 15.5. The van der Waals surface area contributed by atoms with Crippen molar-refractivity contribution in [3.8, 4) is 39.5 Å². The first-order chi connectivity index (χ1) is 25.8. The van der Waals surface area contributed by atoms with Crippen LogP contribution >= 0.6 is 50.7 Å². The molecule has 0 bridgehead atoms. The van der Waals surface area contributed by atoms with Crippen LogP contribution in [0.15, 0.2) is 132 Å². The molecule has 0 aromatic heterocycles. The van der Waals surface area contributed by atoms with E-state index in [0.717, 1.165) is 39.4 Å². The molecule has 0 aliphatic rings. The normalized spacial score (nSPS) is 9.46. The molecule has 0 fully saturated rings. The lowest BCUT2D eigenvalue weighted by Gasteiger charge is -2.06. The third kappa shape index (κ3) is 14.8. The molecule has 0 heterocycles. The number of nitrogens with zero attached hydrogens (tertiary/aromatic N) is 2. The van der Waals surface area contributed by atoms with Crippen LogP contribution in [0.3, 0.4) is 0 Å². The quantitative estimate of drug-likeness (QED) is 0.0688. The third-order valence-corrected chi connectivity index (χ3v) is 8.79. The molecular formula is C40H34BBrCl3N3O6. The number of aromatic hydroxyl groups is 3. The molecule has 0 aliphatic heterocycles. The van der Waals surface area contributed by atoms with E-state index >= 15 is 0 Å². The monoisotopic (exact) mass is 847 g/mol. The Balaban J connectivity index is 0.000000251. The average molecular weight is 850 g/mol. The molecule has 0 saturated heterocycles. The molecular weight excluding hydrogens is 816 g/mol. The summed E-state index contributed by atoms with van der Waals surface area (Å²) in [7, 11) is -0.458. The van der Waals surface area contributed by atoms with Crippen molar-refractivity contribution in [3.63, 3.8) is 0 Å². The lowest BCUT2D eigenvalue weighted by atomic mass is 9.80. The Bertz CT molecular complexity index is 2160. The molecule has 0 atom stereocenters. The van der Waals surface area contributed by atoms with Gasteiger partial charge >= 0.3 is 7.12 Å². The molecule has 6 aromatic carbocycles. The minimum absolute atomic E-state index is 0.115. The number of nitrogens with two attached hydrogens (primary N) is 1. The van der Waals surface area contributed by atoms with E-state index < -0.39 is 7.12 Å². The average Bonchev–Trinajstić information content (AvgIpc) is 3.18. The number of benzene rings is 6. The van der Waals surface area contributed by atoms with Crippen molar-refractivity contribution in [2.75, 3.05) is 7.11 Å². The predicted molar refractivity (Wildman–Crippen MR) is 223 cm³/mol. The van der Waals surface area contributed by atoms with E-state index in [2.05, 4.69) is 25.6 Å². The van der Waals surface area contributed by atoms with Gasteiger partial charge in [-0.1, -0.05) is 108 Å². The number of aliphatic hydroxyl groups excluding tert-OH is 1. The van der Waals surface area contributed by atoms with E-state index in [1.54, 1.807) is 66.7 Å². The van der Waals surface area contributed by atoms with Crippen molar-refractivity contribution in [1.82, 2.24) is 0 Å². The molecule has 0 saturated carbocycles. The third-order valence-electron chi connectivity index (χ3n) is 6.93. The van der Waals surface area contributed by atoms with Gasteiger partial charge in [0.25, 0.3) is 0 Å². The summed E-state index contributed by atoms with van der Waals surface area (Å²) >= 11 is 21.2. The molecule has 14 heteroatoms. The number of phenols is 3. The molecule has 54 heavy (non-hydrogen) atoms. The minimum atomic E-state index is -1.46. The molecule has 8 N–H and O–H groups in total. The lowest BCUT2D eigenvalue weighted by Crippen LogP contribution is -2.29. The Morgan fingerprint density at radius 3 is 1.33 bits per heavy atom. The molecule has 0 radical (unpaired) electrons. The van der Waals surface area contributed by atoms with Gasteiger partial charge in [0.1, 0.15) is 17.2 Å². The molecule has 9 nitrogen and oxygen atoms in total. The number of aliphatic hydroxyl groups is 1. The Kier molecular flexibility index (Phi) is 19.7. The van der Waals surface area contributed by atoms with Gasteiger partial charge in [-0.25, -0.2) is 9.69 Å². The highest BCUT2D eigenvalue weighted by Crippen LogP contribution is 2.32. The van der Waals surface area contributed by atoms with Gasteiger partial charge in [-0.2, -0.15) is 0 Å². The van der Waals surface area contributed by atoms with Gasteiger partial charge in [-0.15, -0.1) is 0 Å². The van der Waals surface area contributed by atoms with Crippen molar-refractivity contribution >= 4 is 74.7 Å². The highest BCUT2D eigenvalue weighted by Gasteiger charge is 2.09. The second-order valence-electron chi connectivity index (χ2n) is 10.6. The molecule has 0 aliphatic carbocycles. The summed E-state index contributed by atoms with van der Waals surface area (Å²) < 4.78 is 0.821. The summed E-state index contributed by atoms with van der Waals surface area (Å²) in [6.45, 7) is 14.0. The molecule has 6 rings (SSSR count). The summed E-state index contributed by atoms with van der Waals surface area (Å²) in [6, 6.07) is 35.4. The minimum Gasteiger partial charge on any atom is -0.508 e. The van der Waals surface area contributed by atoms with Crippen LogP contribution in [0.5, 0.6) is 17.2 Å². The van der Waals surface area contributed by atoms with Crippen molar-refractivity contribution in [1.29, 1.82) is 0 Å². The van der Waals surface area contributed by atoms with Crippen molar-refractivity contribution < 1.29 is 30.5 Å². The van der Waals surface area contributed by atoms with Crippen LogP contribution in [0.1, 0.15) is 5.56 Å². The van der Waals surface area contributed by atoms with E-state index in [-0.39, 0.29) is 17.2 Å². The van der Waals surface area contributed by atoms with E-state index in [1.807, 2.05) is 36.4 Å². The standard InChI is InChI=1S/C13H8ClNO.C13H12ClNO.C7H3BrClN.C6H7BO3.CH4O/c1-15-10-4-7-12(13(14)8-10)9-2-5-11(16)6-3-9;14-13-7-9(8-15)1-6-12(13)10-2-4-11(16)5-3-10;1-10-5-2-3-6(8)7(9)4-5;8-6-3-1-5(2-4-6)7(9)10;1-2/h2-8,16H;1-7,16H,8,15H2;2-4H;1-4,8-10H;2H,1H3. The fraction of sp³-hybridized carbons (Fsp3) is 0.0500. The maximum absolute atomic E-state index is 9.21. The van der Waals surface area contributed by atoms with Gasteiger partial charge in [0.15, 0.2) is 11.4 Å². The second kappa shape index (κ2) is 23.6. The summed E-state index contributed by atoms with van der Waals surface area (Å²) in [5, 5.41) is 53.1. The maximum atomic E-state index is 9.21. The summed E-state index contributed by atoms with van der Waals surface area (Å²) in [4.78, 5) is 6.52. The van der Waals surface area contributed by atoms with Gasteiger partial charge in [0.2, 0.25) is 0 Å². The summed E-state index contributed by atoms with van der Waals surface area (Å²) in [6.07, 6.45) is 0. The molecule has 0 amide bonds. The first kappa shape index (κ1) is 45.1. The number of halogens is 4. The highest BCUT2D eigenvalue weighted by molar-refractivity contribution is 9.10. The van der Waals surface area contributed by atoms with Gasteiger partial charge in [0, 0.05) is 38.8 Å². The topological polar surface area (TPSA) is 156 Å². The van der Waals surface area contributed by atoms with Crippen molar-refractivity contribution in [3.05, 3.63) is 175 Å². The lowest BCUT2D eigenvalue weighted by molar-refractivity contribution is 0.399. The Morgan fingerprint density at radius 1 is 0.574 bits per heavy atom. The van der Waals surface area contributed by atoms with E-state index in [0.29, 0.717) is 38.5 Å². The summed E-state index contributed by atoms with van der Waals surface area (Å²) in [5.74, 6) is 0.584. The van der Waals surface area contributed by atoms with E-state index in [1.165, 1.54) is 24.3 Å². The zero-order valence-corrected chi connectivity index (χ0v) is 32.4. The number of hydrogen-bond acceptors (Lipinski definition) is 7. The molecule has 6 aromatic rings. The van der Waals surface area contributed by atoms with Crippen LogP contribution < -0.4 is 11.2 Å².